The van der Waals surface area contributed by atoms with Crippen molar-refractivity contribution in [2.24, 2.45) is 5.92 Å². The Morgan fingerprint density at radius 3 is 2.91 bits per heavy atom. The molecule has 2 heterocycles. The molecule has 0 unspecified atom stereocenters. The second-order valence-electron chi connectivity index (χ2n) is 5.41. The van der Waals surface area contributed by atoms with Gasteiger partial charge in [0.05, 0.1) is 6.33 Å². The summed E-state index contributed by atoms with van der Waals surface area (Å²) in [6.45, 7) is 5.14. The Labute approximate surface area is 136 Å². The van der Waals surface area contributed by atoms with Gasteiger partial charge in [0.25, 0.3) is 0 Å². The summed E-state index contributed by atoms with van der Waals surface area (Å²) in [6, 6.07) is 7.86. The quantitative estimate of drug-likeness (QED) is 0.642. The molecule has 22 heavy (non-hydrogen) atoms. The monoisotopic (exact) mass is 360 g/mol. The standard InChI is InChI=1S/C15H17BrN6/c1-9(2)7-17-13-12-14(19-8-18-12)22-15(21-13)20-11-5-3-4-10(16)6-11/h3-6,8-9H,7H2,1-2H3,(H3,17,18,19,20,21,22). The van der Waals surface area contributed by atoms with Crippen LogP contribution in [0, 0.1) is 5.92 Å². The lowest BCUT2D eigenvalue weighted by Gasteiger charge is -2.11. The van der Waals surface area contributed by atoms with Crippen molar-refractivity contribution in [2.45, 2.75) is 13.8 Å². The van der Waals surface area contributed by atoms with E-state index in [4.69, 9.17) is 0 Å². The smallest absolute Gasteiger partial charge is 0.231 e. The Morgan fingerprint density at radius 2 is 2.14 bits per heavy atom. The summed E-state index contributed by atoms with van der Waals surface area (Å²) in [4.78, 5) is 16.3. The molecule has 3 aromatic rings. The molecular formula is C15H17BrN6. The lowest BCUT2D eigenvalue weighted by Crippen LogP contribution is -2.11. The van der Waals surface area contributed by atoms with E-state index in [-0.39, 0.29) is 0 Å². The van der Waals surface area contributed by atoms with Crippen LogP contribution in [0.5, 0.6) is 0 Å². The number of nitrogens with zero attached hydrogens (tertiary/aromatic N) is 3. The van der Waals surface area contributed by atoms with E-state index in [0.717, 1.165) is 28.0 Å². The zero-order valence-electron chi connectivity index (χ0n) is 12.4. The minimum absolute atomic E-state index is 0.518. The maximum absolute atomic E-state index is 4.55. The number of fused-ring (bicyclic) bond motifs is 1. The van der Waals surface area contributed by atoms with Crippen LogP contribution in [0.2, 0.25) is 0 Å². The van der Waals surface area contributed by atoms with Crippen LogP contribution in [0.15, 0.2) is 35.1 Å². The van der Waals surface area contributed by atoms with Crippen LogP contribution < -0.4 is 10.6 Å². The summed E-state index contributed by atoms with van der Waals surface area (Å²) in [5.41, 5.74) is 2.37. The Bertz CT molecular complexity index is 783. The summed E-state index contributed by atoms with van der Waals surface area (Å²) in [6.07, 6.45) is 1.63. The Hall–Kier alpha value is -2.15. The average molecular weight is 361 g/mol. The van der Waals surface area contributed by atoms with Crippen LogP contribution in [-0.4, -0.2) is 26.5 Å². The zero-order chi connectivity index (χ0) is 15.5. The maximum Gasteiger partial charge on any atom is 0.231 e. The summed E-state index contributed by atoms with van der Waals surface area (Å²) in [5.74, 6) is 1.80. The van der Waals surface area contributed by atoms with Gasteiger partial charge in [-0.3, -0.25) is 0 Å². The van der Waals surface area contributed by atoms with Crippen LogP contribution >= 0.6 is 15.9 Å². The number of rotatable bonds is 5. The number of imidazole rings is 1. The molecular weight excluding hydrogens is 344 g/mol. The van der Waals surface area contributed by atoms with Gasteiger partial charge in [0, 0.05) is 16.7 Å². The van der Waals surface area contributed by atoms with Crippen LogP contribution in [0.1, 0.15) is 13.8 Å². The topological polar surface area (TPSA) is 78.5 Å². The molecule has 0 aliphatic carbocycles. The van der Waals surface area contributed by atoms with Gasteiger partial charge in [0.15, 0.2) is 11.5 Å². The van der Waals surface area contributed by atoms with E-state index >= 15 is 0 Å². The van der Waals surface area contributed by atoms with Crippen molar-refractivity contribution in [3.05, 3.63) is 35.1 Å². The van der Waals surface area contributed by atoms with Crippen molar-refractivity contribution in [2.75, 3.05) is 17.2 Å². The molecule has 7 heteroatoms. The summed E-state index contributed by atoms with van der Waals surface area (Å²) < 4.78 is 0.997. The van der Waals surface area contributed by atoms with Gasteiger partial charge in [-0.05, 0) is 24.1 Å². The first-order valence-corrected chi connectivity index (χ1v) is 7.88. The predicted molar refractivity (Wildman–Crippen MR) is 92.4 cm³/mol. The molecule has 114 valence electrons. The van der Waals surface area contributed by atoms with E-state index in [0.29, 0.717) is 17.5 Å². The zero-order valence-corrected chi connectivity index (χ0v) is 14.0. The molecule has 0 atom stereocenters. The molecule has 0 bridgehead atoms. The molecule has 1 aromatic carbocycles. The highest BCUT2D eigenvalue weighted by atomic mass is 79.9. The van der Waals surface area contributed by atoms with E-state index in [1.807, 2.05) is 24.3 Å². The number of aromatic amines is 1. The van der Waals surface area contributed by atoms with Gasteiger partial charge < -0.3 is 15.6 Å². The van der Waals surface area contributed by atoms with Crippen LogP contribution in [0.25, 0.3) is 11.2 Å². The van der Waals surface area contributed by atoms with Crippen molar-refractivity contribution < 1.29 is 0 Å². The first-order chi connectivity index (χ1) is 10.6. The normalized spacial score (nSPS) is 11.1. The van der Waals surface area contributed by atoms with Gasteiger partial charge in [-0.1, -0.05) is 35.8 Å². The van der Waals surface area contributed by atoms with Gasteiger partial charge in [-0.15, -0.1) is 0 Å². The SMILES string of the molecule is CC(C)CNc1nc(Nc2cccc(Br)c2)nc2nc[nH]c12. The lowest BCUT2D eigenvalue weighted by molar-refractivity contribution is 0.687. The number of halogens is 1. The summed E-state index contributed by atoms with van der Waals surface area (Å²) >= 11 is 3.45. The third-order valence-electron chi connectivity index (χ3n) is 3.04. The molecule has 3 rings (SSSR count). The van der Waals surface area contributed by atoms with E-state index in [9.17, 15) is 0 Å². The number of H-pyrrole nitrogens is 1. The van der Waals surface area contributed by atoms with Crippen molar-refractivity contribution >= 4 is 44.5 Å². The van der Waals surface area contributed by atoms with Crippen molar-refractivity contribution in [1.82, 2.24) is 19.9 Å². The minimum Gasteiger partial charge on any atom is -0.368 e. The minimum atomic E-state index is 0.518. The largest absolute Gasteiger partial charge is 0.368 e. The van der Waals surface area contributed by atoms with E-state index in [1.54, 1.807) is 6.33 Å². The van der Waals surface area contributed by atoms with E-state index in [2.05, 4.69) is 60.3 Å². The number of nitrogens with one attached hydrogen (secondary N) is 3. The third kappa shape index (κ3) is 3.36. The Morgan fingerprint density at radius 1 is 1.27 bits per heavy atom. The molecule has 0 aliphatic rings. The molecule has 0 fully saturated rings. The summed E-state index contributed by atoms with van der Waals surface area (Å²) in [7, 11) is 0. The molecule has 0 saturated carbocycles. The number of benzene rings is 1. The molecule has 0 aliphatic heterocycles. The molecule has 3 N–H and O–H groups in total. The van der Waals surface area contributed by atoms with Crippen LogP contribution in [-0.2, 0) is 0 Å². The van der Waals surface area contributed by atoms with Gasteiger partial charge in [-0.2, -0.15) is 9.97 Å². The maximum atomic E-state index is 4.55. The molecule has 6 nitrogen and oxygen atoms in total. The number of hydrogen-bond acceptors (Lipinski definition) is 5. The Balaban J connectivity index is 1.92. The summed E-state index contributed by atoms with van der Waals surface area (Å²) in [5, 5.41) is 6.55. The molecule has 0 spiro atoms. The van der Waals surface area contributed by atoms with Crippen LogP contribution in [0.3, 0.4) is 0 Å². The average Bonchev–Trinajstić information content (AvgIpc) is 2.93. The fourth-order valence-electron chi connectivity index (χ4n) is 2.01. The fraction of sp³-hybridized carbons (Fsp3) is 0.267. The van der Waals surface area contributed by atoms with E-state index in [1.165, 1.54) is 0 Å². The van der Waals surface area contributed by atoms with Gasteiger partial charge >= 0.3 is 0 Å². The van der Waals surface area contributed by atoms with Crippen molar-refractivity contribution in [3.8, 4) is 0 Å². The molecule has 2 aromatic heterocycles. The van der Waals surface area contributed by atoms with Gasteiger partial charge in [-0.25, -0.2) is 4.98 Å². The molecule has 0 radical (unpaired) electrons. The van der Waals surface area contributed by atoms with Crippen molar-refractivity contribution in [3.63, 3.8) is 0 Å². The highest BCUT2D eigenvalue weighted by molar-refractivity contribution is 9.10. The second kappa shape index (κ2) is 6.31. The van der Waals surface area contributed by atoms with Gasteiger partial charge in [0.2, 0.25) is 5.95 Å². The van der Waals surface area contributed by atoms with Crippen molar-refractivity contribution in [1.29, 1.82) is 0 Å². The Kier molecular flexibility index (Phi) is 4.24. The van der Waals surface area contributed by atoms with E-state index < -0.39 is 0 Å². The predicted octanol–water partition coefficient (Wildman–Crippen LogP) is 3.93. The third-order valence-corrected chi connectivity index (χ3v) is 3.54. The highest BCUT2D eigenvalue weighted by Gasteiger charge is 2.10. The fourth-order valence-corrected chi connectivity index (χ4v) is 2.41. The lowest BCUT2D eigenvalue weighted by atomic mass is 10.2. The number of hydrogen-bond donors (Lipinski definition) is 3. The first-order valence-electron chi connectivity index (χ1n) is 7.09. The first kappa shape index (κ1) is 14.8. The second-order valence-corrected chi connectivity index (χ2v) is 6.32. The highest BCUT2D eigenvalue weighted by Crippen LogP contribution is 2.22. The molecule has 0 saturated heterocycles. The van der Waals surface area contributed by atoms with Gasteiger partial charge in [0.1, 0.15) is 5.52 Å². The number of aromatic nitrogens is 4. The number of anilines is 3. The molecule has 0 amide bonds. The van der Waals surface area contributed by atoms with Crippen LogP contribution in [0.4, 0.5) is 17.5 Å².